The maximum absolute atomic E-state index is 6.26. The van der Waals surface area contributed by atoms with Crippen molar-refractivity contribution in [2.45, 2.75) is 10.9 Å². The van der Waals surface area contributed by atoms with E-state index in [0.29, 0.717) is 16.5 Å². The predicted molar refractivity (Wildman–Crippen MR) is 81.0 cm³/mol. The minimum Gasteiger partial charge on any atom is -0.454 e. The molecule has 5 nitrogen and oxygen atoms in total. The molecular weight excluding hydrogens is 310 g/mol. The SMILES string of the molecule is Clc1cc2c(cc1CSc1nc3ncccc3[nH]1)OCO2. The Kier molecular flexibility index (Phi) is 3.12. The number of nitrogens with zero attached hydrogens (tertiary/aromatic N) is 2. The molecule has 0 unspecified atom stereocenters. The average Bonchev–Trinajstić information content (AvgIpc) is 3.09. The van der Waals surface area contributed by atoms with Gasteiger partial charge in [0.05, 0.1) is 5.52 Å². The number of thioether (sulfide) groups is 1. The van der Waals surface area contributed by atoms with Gasteiger partial charge in [-0.3, -0.25) is 0 Å². The number of rotatable bonds is 3. The highest BCUT2D eigenvalue weighted by Gasteiger charge is 2.17. The van der Waals surface area contributed by atoms with Gasteiger partial charge in [-0.25, -0.2) is 9.97 Å². The van der Waals surface area contributed by atoms with Crippen molar-refractivity contribution in [2.24, 2.45) is 0 Å². The van der Waals surface area contributed by atoms with Crippen LogP contribution in [0.4, 0.5) is 0 Å². The standard InChI is InChI=1S/C14H10ClN3O2S/c15-9-5-12-11(19-7-20-12)4-8(9)6-21-14-17-10-2-1-3-16-13(10)18-14/h1-5H,6-7H2,(H,16,17,18). The first-order valence-corrected chi connectivity index (χ1v) is 7.67. The minimum atomic E-state index is 0.248. The van der Waals surface area contributed by atoms with E-state index in [2.05, 4.69) is 15.0 Å². The van der Waals surface area contributed by atoms with E-state index in [-0.39, 0.29) is 6.79 Å². The maximum atomic E-state index is 6.26. The Morgan fingerprint density at radius 2 is 2.14 bits per heavy atom. The van der Waals surface area contributed by atoms with Crippen molar-refractivity contribution in [3.05, 3.63) is 41.0 Å². The molecule has 1 aliphatic rings. The van der Waals surface area contributed by atoms with Gasteiger partial charge in [0.25, 0.3) is 0 Å². The molecule has 1 aliphatic heterocycles. The Morgan fingerprint density at radius 3 is 3.00 bits per heavy atom. The molecule has 0 radical (unpaired) electrons. The zero-order valence-electron chi connectivity index (χ0n) is 10.8. The fraction of sp³-hybridized carbons (Fsp3) is 0.143. The lowest BCUT2D eigenvalue weighted by molar-refractivity contribution is 0.174. The Hall–Kier alpha value is -1.92. The number of halogens is 1. The summed E-state index contributed by atoms with van der Waals surface area (Å²) in [5.74, 6) is 2.12. The van der Waals surface area contributed by atoms with E-state index >= 15 is 0 Å². The lowest BCUT2D eigenvalue weighted by atomic mass is 10.2. The van der Waals surface area contributed by atoms with Crippen LogP contribution in [0.2, 0.25) is 5.02 Å². The molecule has 106 valence electrons. The summed E-state index contributed by atoms with van der Waals surface area (Å²) in [6.45, 7) is 0.248. The fourth-order valence-electron chi connectivity index (χ4n) is 2.11. The Labute approximate surface area is 129 Å². The number of hydrogen-bond donors (Lipinski definition) is 1. The smallest absolute Gasteiger partial charge is 0.231 e. The van der Waals surface area contributed by atoms with Gasteiger partial charge in [0, 0.05) is 23.0 Å². The molecule has 7 heteroatoms. The summed E-state index contributed by atoms with van der Waals surface area (Å²) in [4.78, 5) is 11.9. The topological polar surface area (TPSA) is 60.0 Å². The summed E-state index contributed by atoms with van der Waals surface area (Å²) in [7, 11) is 0. The van der Waals surface area contributed by atoms with Crippen molar-refractivity contribution in [1.29, 1.82) is 0 Å². The van der Waals surface area contributed by atoms with E-state index in [0.717, 1.165) is 27.6 Å². The van der Waals surface area contributed by atoms with Crippen molar-refractivity contribution in [3.63, 3.8) is 0 Å². The molecule has 3 aromatic rings. The number of benzene rings is 1. The van der Waals surface area contributed by atoms with Gasteiger partial charge in [0.2, 0.25) is 6.79 Å². The van der Waals surface area contributed by atoms with E-state index in [1.807, 2.05) is 18.2 Å². The third-order valence-corrected chi connectivity index (χ3v) is 4.42. The van der Waals surface area contributed by atoms with Crippen molar-refractivity contribution in [3.8, 4) is 11.5 Å². The molecule has 21 heavy (non-hydrogen) atoms. The van der Waals surface area contributed by atoms with Crippen LogP contribution >= 0.6 is 23.4 Å². The molecule has 0 amide bonds. The molecule has 0 bridgehead atoms. The summed E-state index contributed by atoms with van der Waals surface area (Å²) in [5.41, 5.74) is 2.63. The lowest BCUT2D eigenvalue weighted by Gasteiger charge is -2.04. The monoisotopic (exact) mass is 319 g/mol. The Morgan fingerprint density at radius 1 is 1.29 bits per heavy atom. The van der Waals surface area contributed by atoms with E-state index in [4.69, 9.17) is 21.1 Å². The Bertz CT molecular complexity index is 788. The van der Waals surface area contributed by atoms with Crippen molar-refractivity contribution < 1.29 is 9.47 Å². The number of aromatic amines is 1. The van der Waals surface area contributed by atoms with Gasteiger partial charge in [0.15, 0.2) is 22.3 Å². The van der Waals surface area contributed by atoms with E-state index in [1.54, 1.807) is 24.0 Å². The number of H-pyrrole nitrogens is 1. The number of fused-ring (bicyclic) bond motifs is 2. The van der Waals surface area contributed by atoms with Gasteiger partial charge in [-0.15, -0.1) is 0 Å². The van der Waals surface area contributed by atoms with Crippen LogP contribution in [-0.4, -0.2) is 21.7 Å². The summed E-state index contributed by atoms with van der Waals surface area (Å²) in [6.07, 6.45) is 1.73. The number of aromatic nitrogens is 3. The highest BCUT2D eigenvalue weighted by molar-refractivity contribution is 7.98. The first kappa shape index (κ1) is 12.8. The van der Waals surface area contributed by atoms with E-state index in [1.165, 1.54) is 0 Å². The van der Waals surface area contributed by atoms with Crippen LogP contribution in [0.25, 0.3) is 11.2 Å². The molecule has 0 saturated heterocycles. The van der Waals surface area contributed by atoms with Gasteiger partial charge in [0.1, 0.15) is 0 Å². The number of ether oxygens (including phenoxy) is 2. The lowest BCUT2D eigenvalue weighted by Crippen LogP contribution is -1.92. The second-order valence-corrected chi connectivity index (χ2v) is 5.87. The number of pyridine rings is 1. The molecular formula is C14H10ClN3O2S. The normalized spacial score (nSPS) is 13.0. The molecule has 0 spiro atoms. The van der Waals surface area contributed by atoms with Crippen LogP contribution in [0.1, 0.15) is 5.56 Å². The number of imidazole rings is 1. The highest BCUT2D eigenvalue weighted by atomic mass is 35.5. The van der Waals surface area contributed by atoms with Crippen molar-refractivity contribution in [2.75, 3.05) is 6.79 Å². The molecule has 2 aromatic heterocycles. The molecule has 0 aliphatic carbocycles. The van der Waals surface area contributed by atoms with Crippen LogP contribution in [0.15, 0.2) is 35.6 Å². The van der Waals surface area contributed by atoms with Gasteiger partial charge in [-0.1, -0.05) is 23.4 Å². The first-order chi connectivity index (χ1) is 10.3. The summed E-state index contributed by atoms with van der Waals surface area (Å²) >= 11 is 7.83. The van der Waals surface area contributed by atoms with E-state index in [9.17, 15) is 0 Å². The average molecular weight is 320 g/mol. The molecule has 1 aromatic carbocycles. The van der Waals surface area contributed by atoms with Crippen molar-refractivity contribution >= 4 is 34.5 Å². The molecule has 3 heterocycles. The maximum Gasteiger partial charge on any atom is 0.231 e. The zero-order valence-corrected chi connectivity index (χ0v) is 12.4. The fourth-order valence-corrected chi connectivity index (χ4v) is 3.27. The molecule has 1 N–H and O–H groups in total. The van der Waals surface area contributed by atoms with Crippen LogP contribution in [0.3, 0.4) is 0 Å². The Balaban J connectivity index is 1.56. The first-order valence-electron chi connectivity index (χ1n) is 6.31. The minimum absolute atomic E-state index is 0.248. The van der Waals surface area contributed by atoms with Gasteiger partial charge >= 0.3 is 0 Å². The largest absolute Gasteiger partial charge is 0.454 e. The van der Waals surface area contributed by atoms with Crippen LogP contribution in [0, 0.1) is 0 Å². The summed E-state index contributed by atoms with van der Waals surface area (Å²) in [5, 5.41) is 1.48. The summed E-state index contributed by atoms with van der Waals surface area (Å²) < 4.78 is 10.7. The molecule has 0 fully saturated rings. The van der Waals surface area contributed by atoms with Crippen molar-refractivity contribution in [1.82, 2.24) is 15.0 Å². The third kappa shape index (κ3) is 2.41. The highest BCUT2D eigenvalue weighted by Crippen LogP contribution is 2.38. The number of nitrogens with one attached hydrogen (secondary N) is 1. The van der Waals surface area contributed by atoms with Gasteiger partial charge in [-0.2, -0.15) is 0 Å². The van der Waals surface area contributed by atoms with Crippen LogP contribution in [0.5, 0.6) is 11.5 Å². The molecule has 4 rings (SSSR count). The quantitative estimate of drug-likeness (QED) is 0.747. The second kappa shape index (κ2) is 5.13. The molecule has 0 saturated carbocycles. The van der Waals surface area contributed by atoms with Gasteiger partial charge < -0.3 is 14.5 Å². The van der Waals surface area contributed by atoms with Crippen LogP contribution in [-0.2, 0) is 5.75 Å². The summed E-state index contributed by atoms with van der Waals surface area (Å²) in [6, 6.07) is 7.54. The van der Waals surface area contributed by atoms with Crippen LogP contribution < -0.4 is 9.47 Å². The molecule has 0 atom stereocenters. The van der Waals surface area contributed by atoms with Gasteiger partial charge in [-0.05, 0) is 23.8 Å². The third-order valence-electron chi connectivity index (χ3n) is 3.14. The number of hydrogen-bond acceptors (Lipinski definition) is 5. The second-order valence-electron chi connectivity index (χ2n) is 4.50. The van der Waals surface area contributed by atoms with E-state index < -0.39 is 0 Å². The zero-order chi connectivity index (χ0) is 14.2. The predicted octanol–water partition coefficient (Wildman–Crippen LogP) is 3.63.